The number of rotatable bonds is 3. The third kappa shape index (κ3) is 2.63. The highest BCUT2D eigenvalue weighted by molar-refractivity contribution is 5.08. The Hall–Kier alpha value is -0.300. The minimum Gasteiger partial charge on any atom is -0.393 e. The average Bonchev–Trinajstić information content (AvgIpc) is 2.07. The van der Waals surface area contributed by atoms with Crippen molar-refractivity contribution in [2.75, 3.05) is 0 Å². The monoisotopic (exact) mass is 168 g/mol. The first-order chi connectivity index (χ1) is 5.74. The molecule has 1 nitrogen and oxygen atoms in total. The minimum atomic E-state index is -0.0736. The Labute approximate surface area is 75.5 Å². The molecule has 1 rings (SSSR count). The fraction of sp³-hybridized carbons (Fsp3) is 0.818. The predicted molar refractivity (Wildman–Crippen MR) is 52.0 cm³/mol. The highest BCUT2D eigenvalue weighted by atomic mass is 16.3. The van der Waals surface area contributed by atoms with E-state index in [-0.39, 0.29) is 6.10 Å². The molecular formula is C11H20O. The molecule has 2 atom stereocenters. The zero-order valence-electron chi connectivity index (χ0n) is 8.21. The third-order valence-electron chi connectivity index (χ3n) is 2.82. The van der Waals surface area contributed by atoms with E-state index in [0.717, 1.165) is 12.8 Å². The maximum Gasteiger partial charge on any atom is 0.0580 e. The summed E-state index contributed by atoms with van der Waals surface area (Å²) in [6, 6.07) is 0. The number of hydrogen-bond donors (Lipinski definition) is 1. The Kier molecular flexibility index (Phi) is 3.80. The number of aliphatic hydroxyl groups excluding tert-OH is 1. The molecule has 0 aromatic rings. The van der Waals surface area contributed by atoms with E-state index in [4.69, 9.17) is 0 Å². The molecule has 0 fully saturated rings. The van der Waals surface area contributed by atoms with Gasteiger partial charge in [-0.1, -0.05) is 31.4 Å². The molecule has 0 aromatic carbocycles. The lowest BCUT2D eigenvalue weighted by Gasteiger charge is -2.25. The van der Waals surface area contributed by atoms with Crippen LogP contribution in [0.5, 0.6) is 0 Å². The first-order valence-electron chi connectivity index (χ1n) is 5.08. The molecular weight excluding hydrogens is 148 g/mol. The van der Waals surface area contributed by atoms with Gasteiger partial charge in [0.2, 0.25) is 0 Å². The lowest BCUT2D eigenvalue weighted by molar-refractivity contribution is 0.140. The smallest absolute Gasteiger partial charge is 0.0580 e. The topological polar surface area (TPSA) is 20.2 Å². The maximum atomic E-state index is 9.45. The van der Waals surface area contributed by atoms with Crippen LogP contribution < -0.4 is 0 Å². The molecule has 2 unspecified atom stereocenters. The van der Waals surface area contributed by atoms with Gasteiger partial charge in [0.15, 0.2) is 0 Å². The van der Waals surface area contributed by atoms with Crippen molar-refractivity contribution in [2.24, 2.45) is 5.92 Å². The lowest BCUT2D eigenvalue weighted by Crippen LogP contribution is -2.18. The van der Waals surface area contributed by atoms with Gasteiger partial charge >= 0.3 is 0 Å². The first kappa shape index (κ1) is 9.79. The van der Waals surface area contributed by atoms with Gasteiger partial charge in [-0.25, -0.2) is 0 Å². The Morgan fingerprint density at radius 1 is 1.58 bits per heavy atom. The molecule has 1 heteroatoms. The summed E-state index contributed by atoms with van der Waals surface area (Å²) < 4.78 is 0. The van der Waals surface area contributed by atoms with Gasteiger partial charge in [0.1, 0.15) is 0 Å². The van der Waals surface area contributed by atoms with Crippen LogP contribution >= 0.6 is 0 Å². The van der Waals surface area contributed by atoms with Crippen molar-refractivity contribution in [3.05, 3.63) is 11.6 Å². The standard InChI is InChI=1S/C11H20O/c1-3-4-5-10-8-11(12)7-6-9(10)2/h6,10-12H,3-5,7-8H2,1-2H3. The van der Waals surface area contributed by atoms with Gasteiger partial charge < -0.3 is 5.11 Å². The summed E-state index contributed by atoms with van der Waals surface area (Å²) in [6.45, 7) is 4.42. The zero-order chi connectivity index (χ0) is 8.97. The van der Waals surface area contributed by atoms with Gasteiger partial charge in [0.05, 0.1) is 6.10 Å². The van der Waals surface area contributed by atoms with Crippen LogP contribution in [-0.4, -0.2) is 11.2 Å². The fourth-order valence-electron chi connectivity index (χ4n) is 1.90. The lowest BCUT2D eigenvalue weighted by atomic mass is 9.84. The van der Waals surface area contributed by atoms with E-state index >= 15 is 0 Å². The minimum absolute atomic E-state index is 0.0736. The van der Waals surface area contributed by atoms with Crippen molar-refractivity contribution < 1.29 is 5.11 Å². The van der Waals surface area contributed by atoms with E-state index < -0.39 is 0 Å². The Balaban J connectivity index is 2.40. The number of allylic oxidation sites excluding steroid dienone is 1. The van der Waals surface area contributed by atoms with E-state index in [1.165, 1.54) is 24.8 Å². The number of unbranched alkanes of at least 4 members (excludes halogenated alkanes) is 1. The van der Waals surface area contributed by atoms with E-state index in [1.807, 2.05) is 0 Å². The van der Waals surface area contributed by atoms with Crippen molar-refractivity contribution in [3.8, 4) is 0 Å². The molecule has 0 saturated heterocycles. The summed E-state index contributed by atoms with van der Waals surface area (Å²) in [5, 5.41) is 9.45. The largest absolute Gasteiger partial charge is 0.393 e. The molecule has 1 aliphatic carbocycles. The Morgan fingerprint density at radius 2 is 2.33 bits per heavy atom. The summed E-state index contributed by atoms with van der Waals surface area (Å²) in [7, 11) is 0. The van der Waals surface area contributed by atoms with Crippen LogP contribution in [0, 0.1) is 5.92 Å². The Bertz CT molecular complexity index is 160. The molecule has 0 aliphatic heterocycles. The summed E-state index contributed by atoms with van der Waals surface area (Å²) in [5.74, 6) is 0.661. The second-order valence-corrected chi connectivity index (χ2v) is 3.91. The van der Waals surface area contributed by atoms with Crippen molar-refractivity contribution in [3.63, 3.8) is 0 Å². The van der Waals surface area contributed by atoms with Crippen LogP contribution in [0.2, 0.25) is 0 Å². The summed E-state index contributed by atoms with van der Waals surface area (Å²) >= 11 is 0. The van der Waals surface area contributed by atoms with Crippen LogP contribution in [0.1, 0.15) is 46.0 Å². The van der Waals surface area contributed by atoms with E-state index in [9.17, 15) is 5.11 Å². The highest BCUT2D eigenvalue weighted by Crippen LogP contribution is 2.28. The zero-order valence-corrected chi connectivity index (χ0v) is 8.21. The molecule has 0 bridgehead atoms. The molecule has 1 N–H and O–H groups in total. The summed E-state index contributed by atoms with van der Waals surface area (Å²) in [5.41, 5.74) is 1.49. The highest BCUT2D eigenvalue weighted by Gasteiger charge is 2.19. The fourth-order valence-corrected chi connectivity index (χ4v) is 1.90. The molecule has 12 heavy (non-hydrogen) atoms. The van der Waals surface area contributed by atoms with E-state index in [2.05, 4.69) is 19.9 Å². The quantitative estimate of drug-likeness (QED) is 0.642. The molecule has 0 heterocycles. The van der Waals surface area contributed by atoms with Gasteiger partial charge in [0.25, 0.3) is 0 Å². The SMILES string of the molecule is CCCCC1CC(O)CC=C1C. The van der Waals surface area contributed by atoms with Gasteiger partial charge in [-0.15, -0.1) is 0 Å². The van der Waals surface area contributed by atoms with Crippen LogP contribution in [0.25, 0.3) is 0 Å². The van der Waals surface area contributed by atoms with Crippen LogP contribution in [-0.2, 0) is 0 Å². The third-order valence-corrected chi connectivity index (χ3v) is 2.82. The van der Waals surface area contributed by atoms with Crippen molar-refractivity contribution >= 4 is 0 Å². The molecule has 1 aliphatic rings. The molecule has 0 spiro atoms. The van der Waals surface area contributed by atoms with Gasteiger partial charge in [0, 0.05) is 0 Å². The predicted octanol–water partition coefficient (Wildman–Crippen LogP) is 2.89. The van der Waals surface area contributed by atoms with Crippen LogP contribution in [0.3, 0.4) is 0 Å². The summed E-state index contributed by atoms with van der Waals surface area (Å²) in [4.78, 5) is 0. The second-order valence-electron chi connectivity index (χ2n) is 3.91. The van der Waals surface area contributed by atoms with Crippen molar-refractivity contribution in [1.82, 2.24) is 0 Å². The van der Waals surface area contributed by atoms with Crippen molar-refractivity contribution in [2.45, 2.75) is 52.1 Å². The summed E-state index contributed by atoms with van der Waals surface area (Å²) in [6.07, 6.45) is 7.81. The van der Waals surface area contributed by atoms with Gasteiger partial charge in [-0.2, -0.15) is 0 Å². The normalized spacial score (nSPS) is 30.1. The number of aliphatic hydroxyl groups is 1. The van der Waals surface area contributed by atoms with Crippen molar-refractivity contribution in [1.29, 1.82) is 0 Å². The van der Waals surface area contributed by atoms with Crippen LogP contribution in [0.4, 0.5) is 0 Å². The maximum absolute atomic E-state index is 9.45. The molecule has 70 valence electrons. The molecule has 0 saturated carbocycles. The number of hydrogen-bond acceptors (Lipinski definition) is 1. The molecule has 0 radical (unpaired) electrons. The van der Waals surface area contributed by atoms with Crippen LogP contribution in [0.15, 0.2) is 11.6 Å². The average molecular weight is 168 g/mol. The van der Waals surface area contributed by atoms with E-state index in [0.29, 0.717) is 5.92 Å². The second kappa shape index (κ2) is 4.66. The van der Waals surface area contributed by atoms with E-state index in [1.54, 1.807) is 0 Å². The first-order valence-corrected chi connectivity index (χ1v) is 5.08. The Morgan fingerprint density at radius 3 is 3.00 bits per heavy atom. The van der Waals surface area contributed by atoms with Gasteiger partial charge in [-0.3, -0.25) is 0 Å². The van der Waals surface area contributed by atoms with Gasteiger partial charge in [-0.05, 0) is 32.1 Å². The molecule has 0 amide bonds. The molecule has 0 aromatic heterocycles.